The fourth-order valence-electron chi connectivity index (χ4n) is 10.2. The van der Waals surface area contributed by atoms with Crippen LogP contribution in [-0.2, 0) is 25.7 Å². The van der Waals surface area contributed by atoms with Gasteiger partial charge < -0.3 is 43.8 Å². The molecule has 1 saturated carbocycles. The highest BCUT2D eigenvalue weighted by Gasteiger charge is 2.65. The quantitative estimate of drug-likeness (QED) is 0.0368. The zero-order valence-corrected chi connectivity index (χ0v) is 39.1. The lowest BCUT2D eigenvalue weighted by Gasteiger charge is -2.59. The Morgan fingerprint density at radius 2 is 1.63 bits per heavy atom. The van der Waals surface area contributed by atoms with Crippen LogP contribution in [0, 0.1) is 23.6 Å². The second-order valence-electron chi connectivity index (χ2n) is 17.7. The summed E-state index contributed by atoms with van der Waals surface area (Å²) in [6.45, 7) is 7.01. The Balaban J connectivity index is 1.56. The number of hydrogen-bond acceptors (Lipinski definition) is 11. The molecule has 3 aliphatic rings. The molecule has 2 aromatic rings. The highest BCUT2D eigenvalue weighted by molar-refractivity contribution is 6.03. The number of aliphatic hydroxyl groups is 3. The SMILES string of the molecule is C=CCOC12Oc3ccc(OCc4ccccc4F)cc3C3C(CCCCO)C(CCCCO)C=C(C(=NOC)CC1N(CCOCCO)C(=O)OCCCCCCCCCCCC)C32. The van der Waals surface area contributed by atoms with E-state index < -0.39 is 23.8 Å². The van der Waals surface area contributed by atoms with Crippen LogP contribution in [0.4, 0.5) is 9.18 Å². The van der Waals surface area contributed by atoms with E-state index in [4.69, 9.17) is 28.5 Å². The molecule has 6 unspecified atom stereocenters. The third-order valence-electron chi connectivity index (χ3n) is 13.2. The number of hydrogen-bond donors (Lipinski definition) is 3. The Morgan fingerprint density at radius 1 is 0.908 bits per heavy atom. The molecule has 0 saturated heterocycles. The van der Waals surface area contributed by atoms with Crippen molar-refractivity contribution in [1.82, 2.24) is 4.90 Å². The highest BCUT2D eigenvalue weighted by atomic mass is 19.1. The summed E-state index contributed by atoms with van der Waals surface area (Å²) in [5, 5.41) is 34.0. The van der Waals surface area contributed by atoms with E-state index in [2.05, 4.69) is 24.7 Å². The van der Waals surface area contributed by atoms with Gasteiger partial charge in [-0.2, -0.15) is 0 Å². The van der Waals surface area contributed by atoms with Crippen LogP contribution in [0.25, 0.3) is 0 Å². The summed E-state index contributed by atoms with van der Waals surface area (Å²) in [5.41, 5.74) is 2.90. The molecule has 1 fully saturated rings. The molecule has 2 aliphatic carbocycles. The van der Waals surface area contributed by atoms with Gasteiger partial charge in [0.2, 0.25) is 5.79 Å². The van der Waals surface area contributed by atoms with Crippen LogP contribution in [0.3, 0.4) is 0 Å². The Hall–Kier alpha value is -4.01. The second kappa shape index (κ2) is 28.2. The Kier molecular flexibility index (Phi) is 22.6. The first kappa shape index (κ1) is 52.0. The number of allylic oxidation sites excluding steroid dienone is 1. The fraction of sp³-hybridized carbons (Fsp3) is 0.654. The maximum absolute atomic E-state index is 14.8. The highest BCUT2D eigenvalue weighted by Crippen LogP contribution is 2.62. The van der Waals surface area contributed by atoms with Gasteiger partial charge in [0.1, 0.15) is 37.1 Å². The van der Waals surface area contributed by atoms with Crippen LogP contribution in [0.15, 0.2) is 71.9 Å². The summed E-state index contributed by atoms with van der Waals surface area (Å²) in [7, 11) is 1.52. The van der Waals surface area contributed by atoms with Crippen LogP contribution in [0.5, 0.6) is 11.5 Å². The number of ether oxygens (including phenoxy) is 5. The zero-order chi connectivity index (χ0) is 46.3. The molecule has 3 N–H and O–H groups in total. The van der Waals surface area contributed by atoms with Gasteiger partial charge in [-0.05, 0) is 73.8 Å². The van der Waals surface area contributed by atoms with Crippen molar-refractivity contribution in [3.63, 3.8) is 0 Å². The first-order chi connectivity index (χ1) is 31.9. The Labute approximate surface area is 387 Å². The number of carbonyl (C=O) groups is 1. The first-order valence-electron chi connectivity index (χ1n) is 24.5. The van der Waals surface area contributed by atoms with Gasteiger partial charge in [0.05, 0.1) is 44.7 Å². The van der Waals surface area contributed by atoms with Crippen LogP contribution >= 0.6 is 0 Å². The van der Waals surface area contributed by atoms with Gasteiger partial charge in [0, 0.05) is 43.2 Å². The maximum atomic E-state index is 14.8. The zero-order valence-electron chi connectivity index (χ0n) is 39.1. The summed E-state index contributed by atoms with van der Waals surface area (Å²) < 4.78 is 47.2. The molecule has 362 valence electrons. The number of benzene rings is 2. The van der Waals surface area contributed by atoms with Crippen molar-refractivity contribution < 1.29 is 53.0 Å². The number of amides is 1. The smallest absolute Gasteiger partial charge is 0.410 e. The molecule has 1 heterocycles. The first-order valence-corrected chi connectivity index (χ1v) is 24.5. The molecule has 5 rings (SSSR count). The molecule has 0 radical (unpaired) electrons. The summed E-state index contributed by atoms with van der Waals surface area (Å²) in [6, 6.07) is 11.4. The van der Waals surface area contributed by atoms with E-state index in [1.165, 1.54) is 58.1 Å². The fourth-order valence-corrected chi connectivity index (χ4v) is 10.2. The molecular weight excluding hydrogens is 832 g/mol. The van der Waals surface area contributed by atoms with Crippen LogP contribution < -0.4 is 9.47 Å². The third kappa shape index (κ3) is 14.2. The van der Waals surface area contributed by atoms with Gasteiger partial charge in [-0.15, -0.1) is 6.58 Å². The largest absolute Gasteiger partial charge is 0.489 e. The average molecular weight is 909 g/mol. The van der Waals surface area contributed by atoms with E-state index in [1.807, 2.05) is 18.2 Å². The minimum absolute atomic E-state index is 0.0114. The Bertz CT molecular complexity index is 1790. The van der Waals surface area contributed by atoms with E-state index in [9.17, 15) is 24.5 Å². The van der Waals surface area contributed by atoms with E-state index in [0.717, 1.165) is 56.1 Å². The topological polar surface area (TPSA) is 149 Å². The number of carbonyl (C=O) groups excluding carboxylic acids is 1. The number of aliphatic hydroxyl groups excluding tert-OH is 3. The number of unbranched alkanes of at least 4 members (excludes halogenated alkanes) is 11. The predicted octanol–water partition coefficient (Wildman–Crippen LogP) is 10.0. The van der Waals surface area contributed by atoms with Gasteiger partial charge in [-0.25, -0.2) is 9.18 Å². The van der Waals surface area contributed by atoms with Crippen molar-refractivity contribution in [2.75, 3.05) is 59.9 Å². The van der Waals surface area contributed by atoms with Gasteiger partial charge in [0.25, 0.3) is 0 Å². The second-order valence-corrected chi connectivity index (χ2v) is 17.7. The molecule has 1 aliphatic heterocycles. The van der Waals surface area contributed by atoms with E-state index in [0.29, 0.717) is 35.6 Å². The van der Waals surface area contributed by atoms with Crippen molar-refractivity contribution in [3.8, 4) is 11.5 Å². The number of fused-ring (bicyclic) bond motifs is 2. The van der Waals surface area contributed by atoms with Crippen molar-refractivity contribution in [3.05, 3.63) is 83.7 Å². The maximum Gasteiger partial charge on any atom is 0.410 e. The van der Waals surface area contributed by atoms with Crippen LogP contribution in [0.2, 0.25) is 0 Å². The summed E-state index contributed by atoms with van der Waals surface area (Å²) in [5.74, 6) is -1.42. The molecule has 13 heteroatoms. The average Bonchev–Trinajstić information content (AvgIpc) is 3.31. The number of oxime groups is 1. The molecule has 0 bridgehead atoms. The molecule has 6 atom stereocenters. The van der Waals surface area contributed by atoms with Gasteiger partial charge in [0.15, 0.2) is 0 Å². The minimum Gasteiger partial charge on any atom is -0.489 e. The predicted molar refractivity (Wildman–Crippen MR) is 251 cm³/mol. The van der Waals surface area contributed by atoms with Gasteiger partial charge >= 0.3 is 6.09 Å². The summed E-state index contributed by atoms with van der Waals surface area (Å²) >= 11 is 0. The number of nitrogens with zero attached hydrogens (tertiary/aromatic N) is 2. The lowest BCUT2D eigenvalue weighted by molar-refractivity contribution is -0.256. The molecule has 0 aromatic heterocycles. The lowest BCUT2D eigenvalue weighted by Crippen LogP contribution is -2.70. The number of halogens is 1. The monoisotopic (exact) mass is 909 g/mol. The standard InChI is InChI=1S/C52H77FN2O10/c1-4-6-7-8-9-10-11-12-13-20-32-62-51(59)55(27-33-61-34-30-58)48-37-46(54-60-3)43-35-39(21-16-18-28-56)42(23-17-19-29-57)49-44-36-41(63-38-40-22-14-15-24-45(40)53)25-26-47(44)65-52(48,50(43)49)64-31-5-2/h5,14-15,22,24-26,35-36,39,42,48-50,56-58H,2,4,6-13,16-21,23,27-34,37-38H2,1,3H3. The van der Waals surface area contributed by atoms with E-state index in [1.54, 1.807) is 29.2 Å². The van der Waals surface area contributed by atoms with E-state index >= 15 is 0 Å². The van der Waals surface area contributed by atoms with E-state index in [-0.39, 0.29) is 89.4 Å². The normalized spacial score (nSPS) is 22.6. The Morgan fingerprint density at radius 3 is 2.32 bits per heavy atom. The van der Waals surface area contributed by atoms with Crippen LogP contribution in [-0.4, -0.2) is 104 Å². The summed E-state index contributed by atoms with van der Waals surface area (Å²) in [6.07, 6.45) is 19.7. The number of rotatable bonds is 32. The van der Waals surface area contributed by atoms with Crippen molar-refractivity contribution in [1.29, 1.82) is 0 Å². The lowest BCUT2D eigenvalue weighted by atomic mass is 9.55. The summed E-state index contributed by atoms with van der Waals surface area (Å²) in [4.78, 5) is 21.8. The molecular formula is C52H77FN2O10. The molecule has 12 nitrogen and oxygen atoms in total. The van der Waals surface area contributed by atoms with Crippen LogP contribution in [0.1, 0.15) is 133 Å². The van der Waals surface area contributed by atoms with Gasteiger partial charge in [-0.3, -0.25) is 4.90 Å². The van der Waals surface area contributed by atoms with Crippen molar-refractivity contribution in [2.24, 2.45) is 22.9 Å². The van der Waals surface area contributed by atoms with Crippen molar-refractivity contribution >= 4 is 11.8 Å². The van der Waals surface area contributed by atoms with Crippen molar-refractivity contribution in [2.45, 2.75) is 140 Å². The minimum atomic E-state index is -1.47. The van der Waals surface area contributed by atoms with Gasteiger partial charge in [-0.1, -0.05) is 113 Å². The molecule has 2 aromatic carbocycles. The molecule has 65 heavy (non-hydrogen) atoms. The molecule has 1 amide bonds. The third-order valence-corrected chi connectivity index (χ3v) is 13.2. The molecule has 0 spiro atoms.